The molecule has 0 unspecified atom stereocenters. The number of para-hydroxylation sites is 1. The number of H-pyrrole nitrogens is 1. The zero-order chi connectivity index (χ0) is 12.6. The lowest BCUT2D eigenvalue weighted by Gasteiger charge is -2.17. The SMILES string of the molecule is [2H]C(=O)c1c(CC(C)(C)C)[nH]c2ccccc12. The highest BCUT2D eigenvalue weighted by atomic mass is 16.1. The lowest BCUT2D eigenvalue weighted by molar-refractivity contribution is 0.112. The average molecular weight is 216 g/mol. The summed E-state index contributed by atoms with van der Waals surface area (Å²) < 4.78 is 7.41. The van der Waals surface area contributed by atoms with E-state index in [0.717, 1.165) is 23.0 Å². The highest BCUT2D eigenvalue weighted by molar-refractivity contribution is 5.98. The Morgan fingerprint density at radius 2 is 2.06 bits per heavy atom. The summed E-state index contributed by atoms with van der Waals surface area (Å²) in [6.45, 7) is 6.37. The van der Waals surface area contributed by atoms with Crippen molar-refractivity contribution in [2.24, 2.45) is 5.41 Å². The molecule has 2 nitrogen and oxygen atoms in total. The van der Waals surface area contributed by atoms with E-state index in [0.29, 0.717) is 5.56 Å². The number of fused-ring (bicyclic) bond motifs is 1. The van der Waals surface area contributed by atoms with E-state index in [-0.39, 0.29) is 5.41 Å². The molecule has 2 aromatic rings. The van der Waals surface area contributed by atoms with Gasteiger partial charge in [-0.15, -0.1) is 0 Å². The molecule has 0 bridgehead atoms. The molecule has 1 aromatic carbocycles. The van der Waals surface area contributed by atoms with Gasteiger partial charge in [0, 0.05) is 22.2 Å². The Hall–Kier alpha value is -1.57. The van der Waals surface area contributed by atoms with Crippen LogP contribution in [0.1, 0.15) is 38.2 Å². The molecular weight excluding hydrogens is 198 g/mol. The first-order valence-electron chi connectivity index (χ1n) is 5.99. The van der Waals surface area contributed by atoms with Gasteiger partial charge < -0.3 is 4.98 Å². The molecule has 0 atom stereocenters. The van der Waals surface area contributed by atoms with Crippen molar-refractivity contribution in [1.82, 2.24) is 4.98 Å². The maximum absolute atomic E-state index is 11.5. The van der Waals surface area contributed by atoms with Gasteiger partial charge in [0.05, 0.1) is 0 Å². The van der Waals surface area contributed by atoms with Gasteiger partial charge in [0.25, 0.3) is 0 Å². The third kappa shape index (κ3) is 2.01. The molecule has 0 fully saturated rings. The highest BCUT2D eigenvalue weighted by Gasteiger charge is 2.17. The van der Waals surface area contributed by atoms with Gasteiger partial charge in [0.15, 0.2) is 6.26 Å². The Kier molecular flexibility index (Phi) is 2.28. The smallest absolute Gasteiger partial charge is 0.152 e. The molecule has 2 heteroatoms. The van der Waals surface area contributed by atoms with Crippen molar-refractivity contribution in [3.05, 3.63) is 35.5 Å². The van der Waals surface area contributed by atoms with Gasteiger partial charge in [-0.2, -0.15) is 0 Å². The Morgan fingerprint density at radius 1 is 1.38 bits per heavy atom. The van der Waals surface area contributed by atoms with Crippen LogP contribution in [0, 0.1) is 5.41 Å². The summed E-state index contributed by atoms with van der Waals surface area (Å²) in [5.41, 5.74) is 2.42. The van der Waals surface area contributed by atoms with Crippen molar-refractivity contribution in [3.8, 4) is 0 Å². The Bertz CT molecular complexity index is 563. The van der Waals surface area contributed by atoms with Crippen LogP contribution in [0.2, 0.25) is 0 Å². The number of rotatable bonds is 2. The summed E-state index contributed by atoms with van der Waals surface area (Å²) in [6.07, 6.45) is 0.156. The van der Waals surface area contributed by atoms with E-state index < -0.39 is 6.26 Å². The number of aromatic amines is 1. The minimum Gasteiger partial charge on any atom is -0.358 e. The van der Waals surface area contributed by atoms with Gasteiger partial charge in [-0.05, 0) is 17.9 Å². The van der Waals surface area contributed by atoms with Crippen LogP contribution in [0.5, 0.6) is 0 Å². The van der Waals surface area contributed by atoms with Crippen LogP contribution in [0.25, 0.3) is 10.9 Å². The zero-order valence-corrected chi connectivity index (χ0v) is 9.92. The van der Waals surface area contributed by atoms with E-state index in [9.17, 15) is 4.79 Å². The van der Waals surface area contributed by atoms with E-state index in [1.165, 1.54) is 0 Å². The van der Waals surface area contributed by atoms with Crippen molar-refractivity contribution >= 4 is 17.2 Å². The summed E-state index contributed by atoms with van der Waals surface area (Å²) in [5.74, 6) is 0. The first-order chi connectivity index (χ1) is 7.88. The fourth-order valence-electron chi connectivity index (χ4n) is 1.98. The minimum atomic E-state index is -0.610. The van der Waals surface area contributed by atoms with E-state index in [2.05, 4.69) is 25.8 Å². The van der Waals surface area contributed by atoms with Crippen molar-refractivity contribution < 1.29 is 6.17 Å². The number of aromatic nitrogens is 1. The molecule has 0 aliphatic carbocycles. The van der Waals surface area contributed by atoms with E-state index in [4.69, 9.17) is 1.37 Å². The van der Waals surface area contributed by atoms with E-state index in [1.807, 2.05) is 24.3 Å². The number of aldehydes is 1. The van der Waals surface area contributed by atoms with Gasteiger partial charge in [-0.3, -0.25) is 4.79 Å². The fraction of sp³-hybridized carbons (Fsp3) is 0.357. The second-order valence-electron chi connectivity index (χ2n) is 5.36. The van der Waals surface area contributed by atoms with Gasteiger partial charge in [-0.25, -0.2) is 0 Å². The molecule has 1 heterocycles. The maximum Gasteiger partial charge on any atom is 0.152 e. The number of hydrogen-bond donors (Lipinski definition) is 1. The Morgan fingerprint density at radius 3 is 2.69 bits per heavy atom. The summed E-state index contributed by atoms with van der Waals surface area (Å²) in [6, 6.07) is 7.65. The monoisotopic (exact) mass is 216 g/mol. The number of carbonyl (C=O) groups is 1. The lowest BCUT2D eigenvalue weighted by Crippen LogP contribution is -2.10. The van der Waals surface area contributed by atoms with Crippen LogP contribution in [-0.2, 0) is 6.42 Å². The second kappa shape index (κ2) is 3.78. The molecule has 1 N–H and O–H groups in total. The Balaban J connectivity index is 2.62. The van der Waals surface area contributed by atoms with Gasteiger partial charge in [0.1, 0.15) is 1.37 Å². The van der Waals surface area contributed by atoms with Crippen molar-refractivity contribution in [1.29, 1.82) is 0 Å². The molecule has 0 aliphatic heterocycles. The molecule has 0 aliphatic rings. The van der Waals surface area contributed by atoms with Gasteiger partial charge in [-0.1, -0.05) is 39.0 Å². The average Bonchev–Trinajstić information content (AvgIpc) is 2.51. The molecule has 0 saturated heterocycles. The summed E-state index contributed by atoms with van der Waals surface area (Å²) in [7, 11) is 0. The molecule has 16 heavy (non-hydrogen) atoms. The molecule has 0 radical (unpaired) electrons. The normalized spacial score (nSPS) is 12.8. The number of benzene rings is 1. The van der Waals surface area contributed by atoms with Crippen LogP contribution in [0.3, 0.4) is 0 Å². The molecule has 0 amide bonds. The van der Waals surface area contributed by atoms with Crippen LogP contribution >= 0.6 is 0 Å². The summed E-state index contributed by atoms with van der Waals surface area (Å²) in [4.78, 5) is 14.7. The van der Waals surface area contributed by atoms with Crippen LogP contribution < -0.4 is 0 Å². The molecular formula is C14H17NO. The maximum atomic E-state index is 11.5. The number of hydrogen-bond acceptors (Lipinski definition) is 1. The quantitative estimate of drug-likeness (QED) is 0.765. The third-order valence-corrected chi connectivity index (χ3v) is 2.59. The molecule has 2 rings (SSSR count). The summed E-state index contributed by atoms with van der Waals surface area (Å²) >= 11 is 0. The topological polar surface area (TPSA) is 32.9 Å². The summed E-state index contributed by atoms with van der Waals surface area (Å²) in [5, 5.41) is 0.853. The van der Waals surface area contributed by atoms with Crippen molar-refractivity contribution in [3.63, 3.8) is 0 Å². The van der Waals surface area contributed by atoms with E-state index >= 15 is 0 Å². The largest absolute Gasteiger partial charge is 0.358 e. The van der Waals surface area contributed by atoms with Crippen LogP contribution in [0.15, 0.2) is 24.3 Å². The first kappa shape index (κ1) is 9.64. The van der Waals surface area contributed by atoms with Crippen LogP contribution in [-0.4, -0.2) is 11.2 Å². The molecule has 0 saturated carbocycles. The molecule has 84 valence electrons. The molecule has 0 spiro atoms. The second-order valence-corrected chi connectivity index (χ2v) is 5.36. The predicted octanol–water partition coefficient (Wildman–Crippen LogP) is 3.57. The van der Waals surface area contributed by atoms with Crippen molar-refractivity contribution in [2.45, 2.75) is 27.2 Å². The number of carbonyl (C=O) groups excluding carboxylic acids is 1. The Labute approximate surface area is 97.1 Å². The highest BCUT2D eigenvalue weighted by Crippen LogP contribution is 2.26. The zero-order valence-electron chi connectivity index (χ0n) is 10.9. The lowest BCUT2D eigenvalue weighted by atomic mass is 9.89. The standard InChI is InChI=1S/C14H17NO/c1-14(2,3)8-13-11(9-16)10-6-4-5-7-12(10)15-13/h4-7,9,15H,8H2,1-3H3/i9D. The van der Waals surface area contributed by atoms with Gasteiger partial charge >= 0.3 is 0 Å². The number of nitrogens with one attached hydrogen (secondary N) is 1. The molecule has 1 aromatic heterocycles. The predicted molar refractivity (Wildman–Crippen MR) is 66.8 cm³/mol. The third-order valence-electron chi connectivity index (χ3n) is 2.59. The van der Waals surface area contributed by atoms with Crippen molar-refractivity contribution in [2.75, 3.05) is 0 Å². The van der Waals surface area contributed by atoms with E-state index in [1.54, 1.807) is 0 Å². The fourth-order valence-corrected chi connectivity index (χ4v) is 1.98. The minimum absolute atomic E-state index is 0.0884. The van der Waals surface area contributed by atoms with Crippen LogP contribution in [0.4, 0.5) is 0 Å². The first-order valence-corrected chi connectivity index (χ1v) is 5.49. The van der Waals surface area contributed by atoms with Gasteiger partial charge in [0.2, 0.25) is 0 Å².